The Bertz CT molecular complexity index is 220. The monoisotopic (exact) mass is 172 g/mol. The zero-order valence-electron chi connectivity index (χ0n) is 6.49. The van der Waals surface area contributed by atoms with Gasteiger partial charge in [-0.05, 0) is 12.1 Å². The molecule has 4 heteroatoms. The molecule has 1 rings (SSSR count). The van der Waals surface area contributed by atoms with E-state index in [0.717, 1.165) is 6.54 Å². The minimum absolute atomic E-state index is 0.693. The fourth-order valence-corrected chi connectivity index (χ4v) is 1.14. The third-order valence-electron chi connectivity index (χ3n) is 1.29. The Kier molecular flexibility index (Phi) is 3.16. The van der Waals surface area contributed by atoms with E-state index in [-0.39, 0.29) is 0 Å². The molecule has 62 valence electrons. The largest absolute Gasteiger partial charge is 0.326 e. The van der Waals surface area contributed by atoms with E-state index in [2.05, 4.69) is 5.43 Å². The topological polar surface area (TPSA) is 34.0 Å². The number of nitrogens with zero attached hydrogens (tertiary/aromatic N) is 1. The number of rotatable bonds is 4. The van der Waals surface area contributed by atoms with Gasteiger partial charge in [0.15, 0.2) is 0 Å². The molecule has 0 saturated heterocycles. The molecule has 0 amide bonds. The average molecular weight is 172 g/mol. The maximum atomic E-state index is 10.6. The van der Waals surface area contributed by atoms with E-state index in [0.29, 0.717) is 5.75 Å². The highest BCUT2D eigenvalue weighted by Gasteiger charge is 1.89. The molecule has 1 atom stereocenters. The Morgan fingerprint density at radius 3 is 2.64 bits per heavy atom. The zero-order valence-corrected chi connectivity index (χ0v) is 7.30. The van der Waals surface area contributed by atoms with Crippen LogP contribution in [-0.4, -0.2) is 27.4 Å². The van der Waals surface area contributed by atoms with Gasteiger partial charge in [-0.3, -0.25) is 8.89 Å². The van der Waals surface area contributed by atoms with Gasteiger partial charge >= 0.3 is 0 Å². The van der Waals surface area contributed by atoms with Crippen LogP contribution in [0.25, 0.3) is 0 Å². The van der Waals surface area contributed by atoms with E-state index in [9.17, 15) is 4.21 Å². The molecule has 1 unspecified atom stereocenters. The van der Waals surface area contributed by atoms with Crippen LogP contribution in [0.4, 0.5) is 0 Å². The molecule has 0 aliphatic rings. The predicted octanol–water partition coefficient (Wildman–Crippen LogP) is 0.410. The zero-order chi connectivity index (χ0) is 8.10. The highest BCUT2D eigenvalue weighted by atomic mass is 32.2. The van der Waals surface area contributed by atoms with Crippen LogP contribution in [0.3, 0.4) is 0 Å². The van der Waals surface area contributed by atoms with Gasteiger partial charge in [-0.15, -0.1) is 0 Å². The van der Waals surface area contributed by atoms with Crippen LogP contribution in [0.2, 0.25) is 0 Å². The van der Waals surface area contributed by atoms with Gasteiger partial charge < -0.3 is 5.43 Å². The first-order chi connectivity index (χ1) is 5.29. The van der Waals surface area contributed by atoms with Gasteiger partial charge in [0, 0.05) is 41.7 Å². The summed E-state index contributed by atoms with van der Waals surface area (Å²) in [6.07, 6.45) is 5.54. The van der Waals surface area contributed by atoms with Gasteiger partial charge in [0.05, 0.1) is 0 Å². The summed E-state index contributed by atoms with van der Waals surface area (Å²) in [4.78, 5) is 0. The van der Waals surface area contributed by atoms with Gasteiger partial charge in [0.25, 0.3) is 0 Å². The minimum Gasteiger partial charge on any atom is -0.326 e. The van der Waals surface area contributed by atoms with Crippen LogP contribution in [0.1, 0.15) is 0 Å². The number of hydrogen-bond acceptors (Lipinski definition) is 2. The van der Waals surface area contributed by atoms with E-state index >= 15 is 0 Å². The van der Waals surface area contributed by atoms with Crippen molar-refractivity contribution in [2.75, 3.05) is 24.0 Å². The summed E-state index contributed by atoms with van der Waals surface area (Å²) in [5, 5.41) is 0. The van der Waals surface area contributed by atoms with E-state index in [1.165, 1.54) is 0 Å². The van der Waals surface area contributed by atoms with Crippen molar-refractivity contribution in [3.05, 3.63) is 24.5 Å². The van der Waals surface area contributed by atoms with Crippen LogP contribution in [-0.2, 0) is 10.8 Å². The maximum absolute atomic E-state index is 10.6. The van der Waals surface area contributed by atoms with Crippen molar-refractivity contribution in [1.82, 2.24) is 4.68 Å². The summed E-state index contributed by atoms with van der Waals surface area (Å²) in [5.41, 5.74) is 3.08. The first-order valence-electron chi connectivity index (χ1n) is 3.46. The second-order valence-electron chi connectivity index (χ2n) is 2.28. The molecule has 1 heterocycles. The Balaban J connectivity index is 2.19. The van der Waals surface area contributed by atoms with Gasteiger partial charge in [0.1, 0.15) is 0 Å². The fourth-order valence-electron chi connectivity index (χ4n) is 0.758. The highest BCUT2D eigenvalue weighted by molar-refractivity contribution is 7.84. The molecule has 11 heavy (non-hydrogen) atoms. The van der Waals surface area contributed by atoms with Crippen LogP contribution >= 0.6 is 0 Å². The molecule has 1 N–H and O–H groups in total. The molecule has 1 aromatic rings. The lowest BCUT2D eigenvalue weighted by atomic mass is 10.7. The van der Waals surface area contributed by atoms with E-state index in [1.54, 1.807) is 6.26 Å². The standard InChI is InChI=1S/C7H12N2OS/c1-11(10)7-4-8-9-5-2-3-6-9/h2-3,5-6,8H,4,7H2,1H3. The van der Waals surface area contributed by atoms with Crippen molar-refractivity contribution in [2.24, 2.45) is 0 Å². The summed E-state index contributed by atoms with van der Waals surface area (Å²) >= 11 is 0. The lowest BCUT2D eigenvalue weighted by molar-refractivity contribution is 0.685. The molecule has 3 nitrogen and oxygen atoms in total. The molecular weight excluding hydrogens is 160 g/mol. The van der Waals surface area contributed by atoms with Crippen molar-refractivity contribution in [1.29, 1.82) is 0 Å². The van der Waals surface area contributed by atoms with Crippen molar-refractivity contribution in [3.63, 3.8) is 0 Å². The smallest absolute Gasteiger partial charge is 0.0429 e. The van der Waals surface area contributed by atoms with Crippen molar-refractivity contribution >= 4 is 10.8 Å². The Labute approximate surface area is 68.8 Å². The number of aromatic nitrogens is 1. The Morgan fingerprint density at radius 1 is 1.45 bits per heavy atom. The third kappa shape index (κ3) is 3.23. The first kappa shape index (κ1) is 8.33. The second kappa shape index (κ2) is 4.18. The highest BCUT2D eigenvalue weighted by Crippen LogP contribution is 1.84. The fraction of sp³-hybridized carbons (Fsp3) is 0.429. The predicted molar refractivity (Wildman–Crippen MR) is 47.6 cm³/mol. The molecule has 0 bridgehead atoms. The molecule has 0 aromatic carbocycles. The number of nitrogens with one attached hydrogen (secondary N) is 1. The first-order valence-corrected chi connectivity index (χ1v) is 5.18. The lowest BCUT2D eigenvalue weighted by Crippen LogP contribution is -2.18. The molecule has 0 saturated carbocycles. The summed E-state index contributed by atoms with van der Waals surface area (Å²) in [5.74, 6) is 0.693. The van der Waals surface area contributed by atoms with Gasteiger partial charge in [-0.1, -0.05) is 0 Å². The third-order valence-corrected chi connectivity index (χ3v) is 2.07. The molecule has 0 radical (unpaired) electrons. The van der Waals surface area contributed by atoms with Crippen LogP contribution in [0.5, 0.6) is 0 Å². The molecule has 0 spiro atoms. The van der Waals surface area contributed by atoms with Crippen molar-refractivity contribution in [2.45, 2.75) is 0 Å². The SMILES string of the molecule is CS(=O)CCNn1cccc1. The molecule has 0 aliphatic heterocycles. The Morgan fingerprint density at radius 2 is 2.09 bits per heavy atom. The number of hydrogen-bond donors (Lipinski definition) is 1. The van der Waals surface area contributed by atoms with Gasteiger partial charge in [-0.2, -0.15) is 0 Å². The molecule has 0 fully saturated rings. The summed E-state index contributed by atoms with van der Waals surface area (Å²) < 4.78 is 12.5. The Hall–Kier alpha value is -0.770. The van der Waals surface area contributed by atoms with E-state index < -0.39 is 10.8 Å². The quantitative estimate of drug-likeness (QED) is 0.713. The normalized spacial score (nSPS) is 12.8. The summed E-state index contributed by atoms with van der Waals surface area (Å²) in [7, 11) is -0.703. The molecular formula is C7H12N2OS. The van der Waals surface area contributed by atoms with Gasteiger partial charge in [-0.25, -0.2) is 0 Å². The van der Waals surface area contributed by atoms with Crippen molar-refractivity contribution in [3.8, 4) is 0 Å². The van der Waals surface area contributed by atoms with Gasteiger partial charge in [0.2, 0.25) is 0 Å². The minimum atomic E-state index is -0.703. The van der Waals surface area contributed by atoms with Crippen LogP contribution in [0.15, 0.2) is 24.5 Å². The van der Waals surface area contributed by atoms with Crippen molar-refractivity contribution < 1.29 is 4.21 Å². The second-order valence-corrected chi connectivity index (χ2v) is 3.83. The van der Waals surface area contributed by atoms with E-state index in [1.807, 2.05) is 29.2 Å². The average Bonchev–Trinajstić information content (AvgIpc) is 2.39. The summed E-state index contributed by atoms with van der Waals surface area (Å²) in [6, 6.07) is 3.88. The van der Waals surface area contributed by atoms with E-state index in [4.69, 9.17) is 0 Å². The summed E-state index contributed by atoms with van der Waals surface area (Å²) in [6.45, 7) is 0.748. The van der Waals surface area contributed by atoms with Crippen LogP contribution < -0.4 is 5.43 Å². The van der Waals surface area contributed by atoms with Crippen LogP contribution in [0, 0.1) is 0 Å². The lowest BCUT2D eigenvalue weighted by Gasteiger charge is -2.04. The maximum Gasteiger partial charge on any atom is 0.0429 e. The molecule has 1 aromatic heterocycles. The molecule has 0 aliphatic carbocycles.